The van der Waals surface area contributed by atoms with E-state index in [9.17, 15) is 24.3 Å². The van der Waals surface area contributed by atoms with Crippen LogP contribution in [-0.2, 0) is 41.7 Å². The first kappa shape index (κ1) is 44.8. The summed E-state index contributed by atoms with van der Waals surface area (Å²) in [7, 11) is 1.84. The fourth-order valence-electron chi connectivity index (χ4n) is 5.99. The van der Waals surface area contributed by atoms with Gasteiger partial charge in [-0.1, -0.05) is 88.6 Å². The van der Waals surface area contributed by atoms with Crippen LogP contribution >= 0.6 is 0 Å². The lowest BCUT2D eigenvalue weighted by Gasteiger charge is -2.20. The van der Waals surface area contributed by atoms with E-state index >= 15 is 0 Å². The van der Waals surface area contributed by atoms with Gasteiger partial charge in [-0.3, -0.25) is 14.4 Å². The van der Waals surface area contributed by atoms with Gasteiger partial charge in [-0.2, -0.15) is 9.97 Å². The van der Waals surface area contributed by atoms with E-state index in [2.05, 4.69) is 32.2 Å². The highest BCUT2D eigenvalue weighted by atomic mass is 16.6. The number of nitrogens with zero attached hydrogens (tertiary/aromatic N) is 5. The fraction of sp³-hybridized carbons (Fsp3) is 0.476. The number of nitrogen functional groups attached to an aromatic ring is 2. The number of carbonyl (C=O) groups is 4. The zero-order valence-corrected chi connectivity index (χ0v) is 33.4. The van der Waals surface area contributed by atoms with Crippen LogP contribution in [0.4, 0.5) is 17.5 Å². The quantitative estimate of drug-likeness (QED) is 0.0383. The van der Waals surface area contributed by atoms with Crippen LogP contribution in [0.5, 0.6) is 0 Å². The van der Waals surface area contributed by atoms with E-state index in [0.717, 1.165) is 36.9 Å². The maximum Gasteiger partial charge on any atom is 0.328 e. The molecule has 2 heterocycles. The van der Waals surface area contributed by atoms with Crippen molar-refractivity contribution in [3.8, 4) is 0 Å². The molecule has 6 N–H and O–H groups in total. The summed E-state index contributed by atoms with van der Waals surface area (Å²) in [4.78, 5) is 70.0. The predicted molar refractivity (Wildman–Crippen MR) is 219 cm³/mol. The molecule has 16 nitrogen and oxygen atoms in total. The molecule has 4 aromatic rings. The van der Waals surface area contributed by atoms with Crippen molar-refractivity contribution < 1.29 is 38.5 Å². The van der Waals surface area contributed by atoms with Gasteiger partial charge in [0.2, 0.25) is 5.95 Å². The SMILES string of the molecule is CCCCCCCCCCCC(=O)OCC(O)COC(=O)CCC(NC(=O)c1ccc(N(C)Cc2cnc3nc(N)nc(N)c3n2)cc1)C(=O)OCc1ccccc1. The van der Waals surface area contributed by atoms with Gasteiger partial charge in [-0.15, -0.1) is 0 Å². The molecular weight excluding hydrogens is 745 g/mol. The lowest BCUT2D eigenvalue weighted by molar-refractivity contribution is -0.152. The summed E-state index contributed by atoms with van der Waals surface area (Å²) in [5.74, 6) is -2.27. The van der Waals surface area contributed by atoms with Crippen LogP contribution in [0.3, 0.4) is 0 Å². The average Bonchev–Trinajstić information content (AvgIpc) is 3.22. The second-order valence-electron chi connectivity index (χ2n) is 14.2. The Morgan fingerprint density at radius 3 is 2.10 bits per heavy atom. The number of unbranched alkanes of at least 4 members (excludes halogenated alkanes) is 8. The number of ether oxygens (including phenoxy) is 3. The fourth-order valence-corrected chi connectivity index (χ4v) is 5.99. The number of carbonyl (C=O) groups excluding carboxylic acids is 4. The maximum atomic E-state index is 13.4. The molecule has 4 rings (SSSR count). The molecule has 0 bridgehead atoms. The van der Waals surface area contributed by atoms with Crippen molar-refractivity contribution in [3.63, 3.8) is 0 Å². The van der Waals surface area contributed by atoms with Crippen LogP contribution in [0.25, 0.3) is 11.2 Å². The third kappa shape index (κ3) is 15.6. The molecule has 0 radical (unpaired) electrons. The zero-order chi connectivity index (χ0) is 41.7. The number of amides is 1. The van der Waals surface area contributed by atoms with Crippen molar-refractivity contribution in [1.82, 2.24) is 25.3 Å². The largest absolute Gasteiger partial charge is 0.463 e. The molecule has 0 spiro atoms. The monoisotopic (exact) mass is 800 g/mol. The topological polar surface area (TPSA) is 235 Å². The Morgan fingerprint density at radius 1 is 0.793 bits per heavy atom. The lowest BCUT2D eigenvalue weighted by atomic mass is 10.1. The van der Waals surface area contributed by atoms with Gasteiger partial charge in [0.05, 0.1) is 18.4 Å². The predicted octanol–water partition coefficient (Wildman–Crippen LogP) is 5.21. The number of aromatic nitrogens is 4. The molecule has 16 heteroatoms. The smallest absolute Gasteiger partial charge is 0.328 e. The van der Waals surface area contributed by atoms with E-state index < -0.39 is 42.6 Å². The Hall–Kier alpha value is -5.90. The second-order valence-corrected chi connectivity index (χ2v) is 14.2. The summed E-state index contributed by atoms with van der Waals surface area (Å²) in [5, 5.41) is 12.9. The normalized spacial score (nSPS) is 12.1. The molecule has 0 saturated carbocycles. The van der Waals surface area contributed by atoms with E-state index in [-0.39, 0.29) is 49.8 Å². The number of aliphatic hydroxyl groups is 1. The van der Waals surface area contributed by atoms with Crippen molar-refractivity contribution >= 4 is 52.4 Å². The average molecular weight is 801 g/mol. The van der Waals surface area contributed by atoms with Gasteiger partial charge in [-0.05, 0) is 42.7 Å². The molecule has 2 unspecified atom stereocenters. The summed E-state index contributed by atoms with van der Waals surface area (Å²) in [5.41, 5.74) is 14.6. The summed E-state index contributed by atoms with van der Waals surface area (Å²) in [6.07, 6.45) is 10.4. The first-order chi connectivity index (χ1) is 28.0. The Bertz CT molecular complexity index is 1920. The van der Waals surface area contributed by atoms with Gasteiger partial charge >= 0.3 is 17.9 Å². The summed E-state index contributed by atoms with van der Waals surface area (Å²) in [6.45, 7) is 1.82. The number of nitrogens with one attached hydrogen (secondary N) is 1. The molecule has 0 aliphatic heterocycles. The number of fused-ring (bicyclic) bond motifs is 1. The van der Waals surface area contributed by atoms with Crippen LogP contribution in [0.15, 0.2) is 60.8 Å². The zero-order valence-electron chi connectivity index (χ0n) is 33.4. The van der Waals surface area contributed by atoms with Gasteiger partial charge in [-0.25, -0.2) is 14.8 Å². The van der Waals surface area contributed by atoms with Gasteiger partial charge in [0.1, 0.15) is 32.0 Å². The molecule has 1 amide bonds. The van der Waals surface area contributed by atoms with Gasteiger partial charge in [0, 0.05) is 31.1 Å². The van der Waals surface area contributed by atoms with Gasteiger partial charge in [0.25, 0.3) is 5.91 Å². The maximum absolute atomic E-state index is 13.4. The summed E-state index contributed by atoms with van der Waals surface area (Å²) < 4.78 is 15.8. The number of esters is 3. The van der Waals surface area contributed by atoms with Crippen LogP contribution < -0.4 is 21.7 Å². The Balaban J connectivity index is 1.24. The van der Waals surface area contributed by atoms with Crippen molar-refractivity contribution in [1.29, 1.82) is 0 Å². The molecule has 0 aliphatic carbocycles. The number of rotatable bonds is 25. The van der Waals surface area contributed by atoms with Crippen LogP contribution in [0.1, 0.15) is 106 Å². The second kappa shape index (κ2) is 24.0. The minimum Gasteiger partial charge on any atom is -0.463 e. The first-order valence-corrected chi connectivity index (χ1v) is 19.9. The first-order valence-electron chi connectivity index (χ1n) is 19.9. The highest BCUT2D eigenvalue weighted by Gasteiger charge is 2.25. The molecule has 0 aliphatic rings. The molecule has 58 heavy (non-hydrogen) atoms. The highest BCUT2D eigenvalue weighted by molar-refractivity contribution is 5.97. The van der Waals surface area contributed by atoms with Gasteiger partial charge in [0.15, 0.2) is 17.0 Å². The van der Waals surface area contributed by atoms with E-state index in [1.54, 1.807) is 42.6 Å². The van der Waals surface area contributed by atoms with Crippen molar-refractivity contribution in [2.45, 2.75) is 109 Å². The lowest BCUT2D eigenvalue weighted by Crippen LogP contribution is -2.42. The third-order valence-corrected chi connectivity index (χ3v) is 9.28. The Labute approximate surface area is 339 Å². The molecular formula is C42H56N8O8. The standard InChI is InChI=1S/C42H56N8O8/c1-3-4-5-6-7-8-9-10-14-17-35(52)56-27-33(51)28-57-36(53)23-22-34(41(55)58-26-29-15-12-11-13-16-29)47-40(54)30-18-20-32(21-19-30)50(2)25-31-24-45-39-37(46-31)38(43)48-42(44)49-39/h11-13,15-16,18-21,24,33-34,51H,3-10,14,17,22-23,25-28H2,1-2H3,(H,47,54)(H4,43,44,45,48,49). The minimum absolute atomic E-state index is 0.00824. The van der Waals surface area contributed by atoms with Crippen LogP contribution in [0.2, 0.25) is 0 Å². The molecule has 2 atom stereocenters. The van der Waals surface area contributed by atoms with Crippen molar-refractivity contribution in [2.24, 2.45) is 0 Å². The summed E-state index contributed by atoms with van der Waals surface area (Å²) >= 11 is 0. The van der Waals surface area contributed by atoms with E-state index in [0.29, 0.717) is 23.4 Å². The molecule has 2 aromatic heterocycles. The van der Waals surface area contributed by atoms with Crippen LogP contribution in [-0.4, -0.2) is 81.3 Å². The number of aliphatic hydroxyl groups excluding tert-OH is 1. The molecule has 0 fully saturated rings. The van der Waals surface area contributed by atoms with Crippen molar-refractivity contribution in [3.05, 3.63) is 77.6 Å². The third-order valence-electron chi connectivity index (χ3n) is 9.28. The Morgan fingerprint density at radius 2 is 1.43 bits per heavy atom. The molecule has 0 saturated heterocycles. The molecule has 2 aromatic carbocycles. The van der Waals surface area contributed by atoms with E-state index in [1.165, 1.54) is 32.1 Å². The van der Waals surface area contributed by atoms with Crippen LogP contribution in [0, 0.1) is 0 Å². The molecule has 312 valence electrons. The number of nitrogens with two attached hydrogens (primary N) is 2. The minimum atomic E-state index is -1.21. The van der Waals surface area contributed by atoms with E-state index in [4.69, 9.17) is 25.7 Å². The number of hydrogen-bond donors (Lipinski definition) is 4. The van der Waals surface area contributed by atoms with E-state index in [1.807, 2.05) is 30.1 Å². The Kier molecular flexibility index (Phi) is 18.5. The number of benzene rings is 2. The van der Waals surface area contributed by atoms with Crippen molar-refractivity contribution in [2.75, 3.05) is 36.6 Å². The number of hydrogen-bond acceptors (Lipinski definition) is 15. The summed E-state index contributed by atoms with van der Waals surface area (Å²) in [6, 6.07) is 14.5. The number of anilines is 3. The highest BCUT2D eigenvalue weighted by Crippen LogP contribution is 2.19. The van der Waals surface area contributed by atoms with Gasteiger partial charge < -0.3 is 41.0 Å².